The molecule has 0 saturated carbocycles. The van der Waals surface area contributed by atoms with Crippen molar-refractivity contribution in [3.05, 3.63) is 40.9 Å². The Morgan fingerprint density at radius 1 is 1.42 bits per heavy atom. The number of thiocarbonyl (C=S) groups is 1. The highest BCUT2D eigenvalue weighted by molar-refractivity contribution is 8.26. The fourth-order valence-corrected chi connectivity index (χ4v) is 3.53. The zero-order chi connectivity index (χ0) is 17.3. The van der Waals surface area contributed by atoms with Crippen LogP contribution in [-0.4, -0.2) is 44.8 Å². The average molecular weight is 360 g/mol. The van der Waals surface area contributed by atoms with Gasteiger partial charge in [-0.05, 0) is 18.2 Å². The average Bonchev–Trinajstić information content (AvgIpc) is 2.81. The Balaban J connectivity index is 1.97. The van der Waals surface area contributed by atoms with E-state index < -0.39 is 18.4 Å². The lowest BCUT2D eigenvalue weighted by Crippen LogP contribution is -2.33. The summed E-state index contributed by atoms with van der Waals surface area (Å²) < 4.78 is 5.53. The first-order valence-corrected chi connectivity index (χ1v) is 8.13. The molecule has 0 atom stereocenters. The molecule has 3 rings (SSSR count). The number of benzene rings is 1. The van der Waals surface area contributed by atoms with Gasteiger partial charge in [-0.15, -0.1) is 0 Å². The number of nitrogens with zero attached hydrogens (tertiary/aromatic N) is 2. The SMILES string of the molecule is COc1cccc2ccc(C=C3SC(=S)N(CC(=O)O)C3=O)nc12. The molecule has 1 N–H and O–H groups in total. The predicted molar refractivity (Wildman–Crippen MR) is 95.8 cm³/mol. The van der Waals surface area contributed by atoms with E-state index in [0.29, 0.717) is 21.9 Å². The molecule has 1 fully saturated rings. The Morgan fingerprint density at radius 2 is 2.21 bits per heavy atom. The number of ether oxygens (including phenoxy) is 1. The number of methoxy groups -OCH3 is 1. The van der Waals surface area contributed by atoms with Crippen LogP contribution in [0.15, 0.2) is 35.2 Å². The van der Waals surface area contributed by atoms with E-state index in [0.717, 1.165) is 22.0 Å². The Bertz CT molecular complexity index is 895. The molecule has 0 unspecified atom stereocenters. The maximum atomic E-state index is 12.3. The molecule has 1 amide bonds. The van der Waals surface area contributed by atoms with Crippen molar-refractivity contribution in [2.45, 2.75) is 0 Å². The van der Waals surface area contributed by atoms with Gasteiger partial charge in [0.2, 0.25) is 0 Å². The zero-order valence-corrected chi connectivity index (χ0v) is 14.2. The fraction of sp³-hybridized carbons (Fsp3) is 0.125. The Hall–Kier alpha value is -2.45. The molecular formula is C16H12N2O4S2. The van der Waals surface area contributed by atoms with Crippen molar-refractivity contribution < 1.29 is 19.4 Å². The number of para-hydroxylation sites is 1. The second-order valence-corrected chi connectivity index (χ2v) is 6.61. The van der Waals surface area contributed by atoms with Crippen LogP contribution in [-0.2, 0) is 9.59 Å². The molecule has 6 nitrogen and oxygen atoms in total. The van der Waals surface area contributed by atoms with Crippen LogP contribution < -0.4 is 4.74 Å². The van der Waals surface area contributed by atoms with Gasteiger partial charge in [-0.3, -0.25) is 14.5 Å². The van der Waals surface area contributed by atoms with Crippen LogP contribution in [0, 0.1) is 0 Å². The number of pyridine rings is 1. The maximum absolute atomic E-state index is 12.3. The van der Waals surface area contributed by atoms with Crippen molar-refractivity contribution in [2.24, 2.45) is 0 Å². The number of fused-ring (bicyclic) bond motifs is 1. The lowest BCUT2D eigenvalue weighted by Gasteiger charge is -2.10. The van der Waals surface area contributed by atoms with E-state index in [9.17, 15) is 9.59 Å². The summed E-state index contributed by atoms with van der Waals surface area (Å²) in [6, 6.07) is 9.27. The molecule has 1 aliphatic heterocycles. The third-order valence-corrected chi connectivity index (χ3v) is 4.75. The van der Waals surface area contributed by atoms with E-state index in [1.807, 2.05) is 24.3 Å². The van der Waals surface area contributed by atoms with Crippen LogP contribution in [0.2, 0.25) is 0 Å². The molecular weight excluding hydrogens is 348 g/mol. The van der Waals surface area contributed by atoms with Gasteiger partial charge >= 0.3 is 5.97 Å². The number of hydrogen-bond acceptors (Lipinski definition) is 6. The van der Waals surface area contributed by atoms with Crippen molar-refractivity contribution in [2.75, 3.05) is 13.7 Å². The predicted octanol–water partition coefficient (Wildman–Crippen LogP) is 2.53. The van der Waals surface area contributed by atoms with Gasteiger partial charge in [0.15, 0.2) is 0 Å². The number of aliphatic carboxylic acids is 1. The third-order valence-electron chi connectivity index (χ3n) is 3.37. The number of thioether (sulfide) groups is 1. The summed E-state index contributed by atoms with van der Waals surface area (Å²) in [7, 11) is 1.57. The normalized spacial score (nSPS) is 16.2. The van der Waals surface area contributed by atoms with Gasteiger partial charge in [0.25, 0.3) is 5.91 Å². The minimum Gasteiger partial charge on any atom is -0.494 e. The smallest absolute Gasteiger partial charge is 0.323 e. The number of carbonyl (C=O) groups is 2. The summed E-state index contributed by atoms with van der Waals surface area (Å²) in [5, 5.41) is 9.77. The summed E-state index contributed by atoms with van der Waals surface area (Å²) in [4.78, 5) is 29.0. The molecule has 0 spiro atoms. The van der Waals surface area contributed by atoms with E-state index in [2.05, 4.69) is 4.98 Å². The monoisotopic (exact) mass is 360 g/mol. The van der Waals surface area contributed by atoms with Gasteiger partial charge in [0.05, 0.1) is 17.7 Å². The van der Waals surface area contributed by atoms with Gasteiger partial charge in [-0.25, -0.2) is 4.98 Å². The van der Waals surface area contributed by atoms with E-state index in [1.165, 1.54) is 0 Å². The van der Waals surface area contributed by atoms with Crippen molar-refractivity contribution in [1.82, 2.24) is 9.88 Å². The summed E-state index contributed by atoms with van der Waals surface area (Å²) in [6.07, 6.45) is 1.60. The molecule has 1 aliphatic rings. The molecule has 122 valence electrons. The number of rotatable bonds is 4. The summed E-state index contributed by atoms with van der Waals surface area (Å²) in [6.45, 7) is -0.443. The number of aromatic nitrogens is 1. The van der Waals surface area contributed by atoms with E-state index in [4.69, 9.17) is 22.1 Å². The van der Waals surface area contributed by atoms with Crippen LogP contribution >= 0.6 is 24.0 Å². The maximum Gasteiger partial charge on any atom is 0.323 e. The summed E-state index contributed by atoms with van der Waals surface area (Å²) in [5.74, 6) is -0.892. The number of carboxylic acids is 1. The molecule has 1 saturated heterocycles. The summed E-state index contributed by atoms with van der Waals surface area (Å²) >= 11 is 6.14. The van der Waals surface area contributed by atoms with E-state index in [-0.39, 0.29) is 4.32 Å². The minimum absolute atomic E-state index is 0.229. The van der Waals surface area contributed by atoms with Crippen molar-refractivity contribution in [3.8, 4) is 5.75 Å². The lowest BCUT2D eigenvalue weighted by atomic mass is 10.2. The highest BCUT2D eigenvalue weighted by Gasteiger charge is 2.33. The lowest BCUT2D eigenvalue weighted by molar-refractivity contribution is -0.140. The standard InChI is InChI=1S/C16H12N2O4S2/c1-22-11-4-2-3-9-5-6-10(17-14(9)11)7-12-15(21)18(8-13(19)20)16(23)24-12/h2-7H,8H2,1H3,(H,19,20). The molecule has 0 radical (unpaired) electrons. The molecule has 0 aliphatic carbocycles. The first-order chi connectivity index (χ1) is 11.5. The molecule has 24 heavy (non-hydrogen) atoms. The van der Waals surface area contributed by atoms with Crippen LogP contribution in [0.4, 0.5) is 0 Å². The largest absolute Gasteiger partial charge is 0.494 e. The van der Waals surface area contributed by atoms with Gasteiger partial charge in [0, 0.05) is 5.39 Å². The van der Waals surface area contributed by atoms with Crippen molar-refractivity contribution in [1.29, 1.82) is 0 Å². The molecule has 1 aromatic carbocycles. The minimum atomic E-state index is -1.11. The Kier molecular flexibility index (Phi) is 4.50. The van der Waals surface area contributed by atoms with E-state index >= 15 is 0 Å². The van der Waals surface area contributed by atoms with Crippen molar-refractivity contribution in [3.63, 3.8) is 0 Å². The number of hydrogen-bond donors (Lipinski definition) is 1. The van der Waals surface area contributed by atoms with Gasteiger partial charge in [-0.1, -0.05) is 42.2 Å². The topological polar surface area (TPSA) is 79.7 Å². The molecule has 1 aromatic heterocycles. The molecule has 2 heterocycles. The van der Waals surface area contributed by atoms with Crippen LogP contribution in [0.5, 0.6) is 5.75 Å². The van der Waals surface area contributed by atoms with Crippen LogP contribution in [0.3, 0.4) is 0 Å². The quantitative estimate of drug-likeness (QED) is 0.663. The van der Waals surface area contributed by atoms with Gasteiger partial charge in [0.1, 0.15) is 22.1 Å². The van der Waals surface area contributed by atoms with Crippen LogP contribution in [0.25, 0.3) is 17.0 Å². The van der Waals surface area contributed by atoms with E-state index in [1.54, 1.807) is 19.3 Å². The number of carbonyl (C=O) groups excluding carboxylic acids is 1. The third kappa shape index (κ3) is 3.10. The Morgan fingerprint density at radius 3 is 2.92 bits per heavy atom. The highest BCUT2D eigenvalue weighted by atomic mass is 32.2. The fourth-order valence-electron chi connectivity index (χ4n) is 2.29. The molecule has 8 heteroatoms. The number of carboxylic acid groups (broad SMARTS) is 1. The molecule has 0 bridgehead atoms. The molecule has 2 aromatic rings. The van der Waals surface area contributed by atoms with Gasteiger partial charge in [-0.2, -0.15) is 0 Å². The zero-order valence-electron chi connectivity index (χ0n) is 12.6. The second kappa shape index (κ2) is 6.58. The first-order valence-electron chi connectivity index (χ1n) is 6.90. The number of amides is 1. The van der Waals surface area contributed by atoms with Crippen molar-refractivity contribution >= 4 is 57.2 Å². The second-order valence-electron chi connectivity index (χ2n) is 4.93. The van der Waals surface area contributed by atoms with Gasteiger partial charge < -0.3 is 9.84 Å². The summed E-state index contributed by atoms with van der Waals surface area (Å²) in [5.41, 5.74) is 1.26. The first kappa shape index (κ1) is 16.4. The Labute approximate surface area is 147 Å². The highest BCUT2D eigenvalue weighted by Crippen LogP contribution is 2.32. The van der Waals surface area contributed by atoms with Crippen LogP contribution in [0.1, 0.15) is 5.69 Å².